The SMILES string of the molecule is CCCC1NC(C)C(=O)N1CCCCOC. The van der Waals surface area contributed by atoms with Gasteiger partial charge < -0.3 is 9.64 Å². The molecule has 1 aliphatic rings. The molecule has 1 N–H and O–H groups in total. The maximum Gasteiger partial charge on any atom is 0.240 e. The second kappa shape index (κ2) is 6.86. The Kier molecular flexibility index (Phi) is 5.77. The Hall–Kier alpha value is -0.610. The first-order valence-electron chi connectivity index (χ1n) is 6.26. The van der Waals surface area contributed by atoms with Crippen molar-refractivity contribution in [2.24, 2.45) is 0 Å². The average Bonchev–Trinajstić information content (AvgIpc) is 2.52. The summed E-state index contributed by atoms with van der Waals surface area (Å²) in [6, 6.07) is -0.0148. The molecule has 1 amide bonds. The highest BCUT2D eigenvalue weighted by Crippen LogP contribution is 2.15. The van der Waals surface area contributed by atoms with Crippen LogP contribution in [0.5, 0.6) is 0 Å². The molecule has 0 aromatic rings. The molecule has 94 valence electrons. The van der Waals surface area contributed by atoms with Gasteiger partial charge in [0.2, 0.25) is 5.91 Å². The summed E-state index contributed by atoms with van der Waals surface area (Å²) in [4.78, 5) is 13.9. The minimum atomic E-state index is -0.0148. The molecule has 0 aromatic heterocycles. The van der Waals surface area contributed by atoms with E-state index in [0.29, 0.717) is 0 Å². The third-order valence-corrected chi connectivity index (χ3v) is 3.03. The van der Waals surface area contributed by atoms with E-state index in [1.165, 1.54) is 0 Å². The van der Waals surface area contributed by atoms with E-state index in [4.69, 9.17) is 4.74 Å². The highest BCUT2D eigenvalue weighted by atomic mass is 16.5. The molecule has 0 radical (unpaired) electrons. The normalized spacial score (nSPS) is 25.4. The molecule has 1 fully saturated rings. The molecule has 1 aliphatic heterocycles. The summed E-state index contributed by atoms with van der Waals surface area (Å²) in [6.45, 7) is 5.73. The molecule has 0 aliphatic carbocycles. The summed E-state index contributed by atoms with van der Waals surface area (Å²) < 4.78 is 5.01. The standard InChI is InChI=1S/C12H24N2O2/c1-4-7-11-13-10(2)12(15)14(11)8-5-6-9-16-3/h10-11,13H,4-9H2,1-3H3. The van der Waals surface area contributed by atoms with Gasteiger partial charge in [-0.2, -0.15) is 0 Å². The minimum absolute atomic E-state index is 0.0148. The van der Waals surface area contributed by atoms with Crippen molar-refractivity contribution >= 4 is 5.91 Å². The van der Waals surface area contributed by atoms with Crippen LogP contribution >= 0.6 is 0 Å². The van der Waals surface area contributed by atoms with E-state index < -0.39 is 0 Å². The number of amides is 1. The fraction of sp³-hybridized carbons (Fsp3) is 0.917. The fourth-order valence-electron chi connectivity index (χ4n) is 2.16. The zero-order valence-electron chi connectivity index (χ0n) is 10.7. The topological polar surface area (TPSA) is 41.6 Å². The van der Waals surface area contributed by atoms with Crippen LogP contribution in [0, 0.1) is 0 Å². The molecule has 2 atom stereocenters. The summed E-state index contributed by atoms with van der Waals surface area (Å²) in [5, 5.41) is 3.34. The molecule has 4 heteroatoms. The first-order valence-corrected chi connectivity index (χ1v) is 6.26. The Bertz CT molecular complexity index is 221. The van der Waals surface area contributed by atoms with Crippen molar-refractivity contribution in [1.82, 2.24) is 10.2 Å². The quantitative estimate of drug-likeness (QED) is 0.669. The fourth-order valence-corrected chi connectivity index (χ4v) is 2.16. The molecule has 4 nitrogen and oxygen atoms in total. The number of hydrogen-bond donors (Lipinski definition) is 1. The Morgan fingerprint density at radius 2 is 2.19 bits per heavy atom. The number of rotatable bonds is 7. The van der Waals surface area contributed by atoms with Crippen LogP contribution in [0.2, 0.25) is 0 Å². The van der Waals surface area contributed by atoms with Crippen LogP contribution in [0.3, 0.4) is 0 Å². The van der Waals surface area contributed by atoms with Gasteiger partial charge in [-0.15, -0.1) is 0 Å². The van der Waals surface area contributed by atoms with Crippen LogP contribution in [0.25, 0.3) is 0 Å². The van der Waals surface area contributed by atoms with Crippen LogP contribution < -0.4 is 5.32 Å². The summed E-state index contributed by atoms with van der Waals surface area (Å²) in [7, 11) is 1.71. The maximum atomic E-state index is 11.9. The predicted molar refractivity (Wildman–Crippen MR) is 64.1 cm³/mol. The number of carbonyl (C=O) groups is 1. The van der Waals surface area contributed by atoms with Crippen LogP contribution in [0.1, 0.15) is 39.5 Å². The summed E-state index contributed by atoms with van der Waals surface area (Å²) >= 11 is 0. The monoisotopic (exact) mass is 228 g/mol. The lowest BCUT2D eigenvalue weighted by atomic mass is 10.2. The van der Waals surface area contributed by atoms with Gasteiger partial charge in [0.1, 0.15) is 0 Å². The van der Waals surface area contributed by atoms with Crippen molar-refractivity contribution in [3.63, 3.8) is 0 Å². The Balaban J connectivity index is 2.37. The van der Waals surface area contributed by atoms with Crippen molar-refractivity contribution in [1.29, 1.82) is 0 Å². The Labute approximate surface area is 98.3 Å². The van der Waals surface area contributed by atoms with Gasteiger partial charge >= 0.3 is 0 Å². The van der Waals surface area contributed by atoms with Gasteiger partial charge in [-0.1, -0.05) is 13.3 Å². The minimum Gasteiger partial charge on any atom is -0.385 e. The smallest absolute Gasteiger partial charge is 0.240 e. The number of methoxy groups -OCH3 is 1. The van der Waals surface area contributed by atoms with Crippen LogP contribution in [-0.4, -0.2) is 43.3 Å². The molecule has 16 heavy (non-hydrogen) atoms. The number of unbranched alkanes of at least 4 members (excludes halogenated alkanes) is 1. The van der Waals surface area contributed by atoms with Gasteiger partial charge in [-0.3, -0.25) is 10.1 Å². The zero-order chi connectivity index (χ0) is 12.0. The number of nitrogens with one attached hydrogen (secondary N) is 1. The molecule has 0 aromatic carbocycles. The van der Waals surface area contributed by atoms with E-state index in [9.17, 15) is 4.79 Å². The maximum absolute atomic E-state index is 11.9. The predicted octanol–water partition coefficient (Wildman–Crippen LogP) is 1.36. The van der Waals surface area contributed by atoms with E-state index in [0.717, 1.165) is 38.8 Å². The highest BCUT2D eigenvalue weighted by Gasteiger charge is 2.34. The van der Waals surface area contributed by atoms with Crippen molar-refractivity contribution in [3.05, 3.63) is 0 Å². The second-order valence-corrected chi connectivity index (χ2v) is 4.42. The van der Waals surface area contributed by atoms with Crippen molar-refractivity contribution in [2.45, 2.75) is 51.7 Å². The lowest BCUT2D eigenvalue weighted by Crippen LogP contribution is -2.37. The van der Waals surface area contributed by atoms with Crippen LogP contribution in [-0.2, 0) is 9.53 Å². The molecular formula is C12H24N2O2. The summed E-state index contributed by atoms with van der Waals surface area (Å²) in [5.74, 6) is 0.246. The molecule has 1 saturated heterocycles. The van der Waals surface area contributed by atoms with E-state index >= 15 is 0 Å². The number of nitrogens with zero attached hydrogens (tertiary/aromatic N) is 1. The van der Waals surface area contributed by atoms with E-state index in [-0.39, 0.29) is 18.1 Å². The zero-order valence-corrected chi connectivity index (χ0v) is 10.7. The summed E-state index contributed by atoms with van der Waals surface area (Å²) in [6.07, 6.45) is 4.43. The molecule has 1 heterocycles. The molecule has 0 spiro atoms. The van der Waals surface area contributed by atoms with Gasteiger partial charge in [0.05, 0.1) is 12.2 Å². The first-order chi connectivity index (χ1) is 7.70. The molecule has 2 unspecified atom stereocenters. The molecule has 0 saturated carbocycles. The van der Waals surface area contributed by atoms with E-state index in [1.807, 2.05) is 11.8 Å². The largest absolute Gasteiger partial charge is 0.385 e. The number of carbonyl (C=O) groups excluding carboxylic acids is 1. The number of hydrogen-bond acceptors (Lipinski definition) is 3. The van der Waals surface area contributed by atoms with Crippen molar-refractivity contribution in [3.8, 4) is 0 Å². The van der Waals surface area contributed by atoms with Gasteiger partial charge in [0, 0.05) is 20.3 Å². The molecule has 1 rings (SSSR count). The highest BCUT2D eigenvalue weighted by molar-refractivity contribution is 5.83. The van der Waals surface area contributed by atoms with E-state index in [2.05, 4.69) is 12.2 Å². The van der Waals surface area contributed by atoms with E-state index in [1.54, 1.807) is 7.11 Å². The lowest BCUT2D eigenvalue weighted by Gasteiger charge is -2.23. The third-order valence-electron chi connectivity index (χ3n) is 3.03. The number of ether oxygens (including phenoxy) is 1. The van der Waals surface area contributed by atoms with Crippen molar-refractivity contribution < 1.29 is 9.53 Å². The van der Waals surface area contributed by atoms with Gasteiger partial charge in [0.15, 0.2) is 0 Å². The summed E-state index contributed by atoms with van der Waals surface area (Å²) in [5.41, 5.74) is 0. The van der Waals surface area contributed by atoms with Crippen molar-refractivity contribution in [2.75, 3.05) is 20.3 Å². The Morgan fingerprint density at radius 3 is 2.81 bits per heavy atom. The lowest BCUT2D eigenvalue weighted by molar-refractivity contribution is -0.129. The second-order valence-electron chi connectivity index (χ2n) is 4.42. The molecular weight excluding hydrogens is 204 g/mol. The average molecular weight is 228 g/mol. The van der Waals surface area contributed by atoms with Crippen LogP contribution in [0.4, 0.5) is 0 Å². The van der Waals surface area contributed by atoms with Gasteiger partial charge in [0.25, 0.3) is 0 Å². The third kappa shape index (κ3) is 3.46. The van der Waals surface area contributed by atoms with Gasteiger partial charge in [-0.25, -0.2) is 0 Å². The first kappa shape index (κ1) is 13.5. The van der Waals surface area contributed by atoms with Gasteiger partial charge in [-0.05, 0) is 26.2 Å². The Morgan fingerprint density at radius 1 is 1.44 bits per heavy atom. The van der Waals surface area contributed by atoms with Crippen LogP contribution in [0.15, 0.2) is 0 Å². The molecule has 0 bridgehead atoms.